The van der Waals surface area contributed by atoms with Gasteiger partial charge in [-0.05, 0) is 39.5 Å². The normalized spacial score (nSPS) is 31.5. The van der Waals surface area contributed by atoms with Gasteiger partial charge in [-0.15, -0.1) is 11.6 Å². The predicted molar refractivity (Wildman–Crippen MR) is 72.9 cm³/mol. The Hall–Kier alpha value is 0.200. The SMILES string of the molecule is CC1CCCC(CCl)(NS(=O)(=O)C(C)(C)C)C1. The first-order valence-corrected chi connectivity index (χ1v) is 8.23. The van der Waals surface area contributed by atoms with Crippen molar-refractivity contribution < 1.29 is 8.42 Å². The van der Waals surface area contributed by atoms with Crippen LogP contribution in [0.3, 0.4) is 0 Å². The van der Waals surface area contributed by atoms with Crippen molar-refractivity contribution in [3.63, 3.8) is 0 Å². The van der Waals surface area contributed by atoms with Crippen LogP contribution in [0.5, 0.6) is 0 Å². The molecule has 1 fully saturated rings. The smallest absolute Gasteiger partial charge is 0.212 e. The van der Waals surface area contributed by atoms with Gasteiger partial charge in [-0.3, -0.25) is 0 Å². The van der Waals surface area contributed by atoms with Crippen LogP contribution in [-0.4, -0.2) is 24.6 Å². The van der Waals surface area contributed by atoms with Gasteiger partial charge in [-0.25, -0.2) is 13.1 Å². The molecule has 2 unspecified atom stereocenters. The van der Waals surface area contributed by atoms with E-state index in [0.717, 1.165) is 25.7 Å². The Bertz CT molecular complexity index is 361. The van der Waals surface area contributed by atoms with Crippen molar-refractivity contribution in [2.75, 3.05) is 5.88 Å². The molecular formula is C12H24ClNO2S. The maximum Gasteiger partial charge on any atom is 0.217 e. The summed E-state index contributed by atoms with van der Waals surface area (Å²) in [5.74, 6) is 0.886. The van der Waals surface area contributed by atoms with Crippen LogP contribution in [0, 0.1) is 5.92 Å². The Morgan fingerprint density at radius 2 is 2.00 bits per heavy atom. The van der Waals surface area contributed by atoms with E-state index < -0.39 is 20.3 Å². The molecule has 102 valence electrons. The van der Waals surface area contributed by atoms with Gasteiger partial charge in [0.25, 0.3) is 0 Å². The monoisotopic (exact) mass is 281 g/mol. The molecule has 1 N–H and O–H groups in total. The van der Waals surface area contributed by atoms with Gasteiger partial charge in [-0.2, -0.15) is 0 Å². The van der Waals surface area contributed by atoms with Gasteiger partial charge in [0, 0.05) is 11.4 Å². The summed E-state index contributed by atoms with van der Waals surface area (Å²) in [6, 6.07) is 0. The van der Waals surface area contributed by atoms with Crippen molar-refractivity contribution in [1.82, 2.24) is 4.72 Å². The molecular weight excluding hydrogens is 258 g/mol. The third-order valence-corrected chi connectivity index (χ3v) is 6.33. The fourth-order valence-electron chi connectivity index (χ4n) is 2.34. The summed E-state index contributed by atoms with van der Waals surface area (Å²) in [5, 5.41) is 0. The highest BCUT2D eigenvalue weighted by molar-refractivity contribution is 7.90. The number of nitrogens with one attached hydrogen (secondary N) is 1. The topological polar surface area (TPSA) is 46.2 Å². The number of hydrogen-bond acceptors (Lipinski definition) is 2. The van der Waals surface area contributed by atoms with Gasteiger partial charge in [-0.1, -0.05) is 19.8 Å². The molecule has 0 aliphatic heterocycles. The van der Waals surface area contributed by atoms with E-state index in [2.05, 4.69) is 11.6 Å². The molecule has 0 aromatic rings. The van der Waals surface area contributed by atoms with E-state index in [1.165, 1.54) is 0 Å². The van der Waals surface area contributed by atoms with Crippen LogP contribution in [0.15, 0.2) is 0 Å². The molecule has 1 aliphatic carbocycles. The summed E-state index contributed by atoms with van der Waals surface area (Å²) >= 11 is 6.03. The fraction of sp³-hybridized carbons (Fsp3) is 1.00. The highest BCUT2D eigenvalue weighted by Crippen LogP contribution is 2.34. The van der Waals surface area contributed by atoms with Gasteiger partial charge < -0.3 is 0 Å². The number of halogens is 1. The Morgan fingerprint density at radius 3 is 2.41 bits per heavy atom. The van der Waals surface area contributed by atoms with Crippen LogP contribution in [-0.2, 0) is 10.0 Å². The van der Waals surface area contributed by atoms with E-state index >= 15 is 0 Å². The van der Waals surface area contributed by atoms with Crippen molar-refractivity contribution in [2.45, 2.75) is 63.7 Å². The quantitative estimate of drug-likeness (QED) is 0.809. The highest BCUT2D eigenvalue weighted by atomic mass is 35.5. The first kappa shape index (κ1) is 15.3. The predicted octanol–water partition coefficient (Wildman–Crippen LogP) is 2.89. The summed E-state index contributed by atoms with van der Waals surface area (Å²) in [7, 11) is -3.33. The van der Waals surface area contributed by atoms with Crippen LogP contribution >= 0.6 is 11.6 Å². The summed E-state index contributed by atoms with van der Waals surface area (Å²) < 4.78 is 26.5. The third kappa shape index (κ3) is 3.58. The third-order valence-electron chi connectivity index (χ3n) is 3.50. The summed E-state index contributed by atoms with van der Waals surface area (Å²) in [5.41, 5.74) is -0.439. The lowest BCUT2D eigenvalue weighted by molar-refractivity contribution is 0.237. The minimum absolute atomic E-state index is 0.354. The van der Waals surface area contributed by atoms with Crippen molar-refractivity contribution >= 4 is 21.6 Å². The van der Waals surface area contributed by atoms with Crippen LogP contribution in [0.2, 0.25) is 0 Å². The maximum atomic E-state index is 12.2. The fourth-order valence-corrected chi connectivity index (χ4v) is 3.86. The Kier molecular flexibility index (Phi) is 4.54. The maximum absolute atomic E-state index is 12.2. The van der Waals surface area contributed by atoms with Gasteiger partial charge in [0.15, 0.2) is 0 Å². The number of sulfonamides is 1. The molecule has 1 rings (SSSR count). The lowest BCUT2D eigenvalue weighted by atomic mass is 9.78. The second-order valence-corrected chi connectivity index (χ2v) is 9.04. The molecule has 2 atom stereocenters. The molecule has 17 heavy (non-hydrogen) atoms. The van der Waals surface area contributed by atoms with Crippen molar-refractivity contribution in [3.05, 3.63) is 0 Å². The molecule has 0 saturated heterocycles. The second kappa shape index (κ2) is 5.06. The molecule has 0 aromatic carbocycles. The Labute approximate surface area is 110 Å². The molecule has 1 saturated carbocycles. The average molecular weight is 282 g/mol. The second-order valence-electron chi connectivity index (χ2n) is 6.33. The molecule has 0 aromatic heterocycles. The number of rotatable bonds is 3. The minimum Gasteiger partial charge on any atom is -0.212 e. The van der Waals surface area contributed by atoms with Crippen LogP contribution in [0.25, 0.3) is 0 Å². The Balaban J connectivity index is 2.90. The molecule has 0 spiro atoms. The van der Waals surface area contributed by atoms with Crippen molar-refractivity contribution in [1.29, 1.82) is 0 Å². The molecule has 0 heterocycles. The summed E-state index contributed by atoms with van der Waals surface area (Å²) in [4.78, 5) is 0. The minimum atomic E-state index is -3.33. The van der Waals surface area contributed by atoms with E-state index in [1.807, 2.05) is 0 Å². The van der Waals surface area contributed by atoms with E-state index in [0.29, 0.717) is 11.8 Å². The number of alkyl halides is 1. The first-order valence-electron chi connectivity index (χ1n) is 6.21. The van der Waals surface area contributed by atoms with Crippen LogP contribution in [0.4, 0.5) is 0 Å². The Morgan fingerprint density at radius 1 is 1.41 bits per heavy atom. The van der Waals surface area contributed by atoms with Gasteiger partial charge in [0.05, 0.1) is 4.75 Å². The standard InChI is InChI=1S/C12H24ClNO2S/c1-10-6-5-7-12(8-10,9-13)14-17(15,16)11(2,3)4/h10,14H,5-9H2,1-4H3. The molecule has 3 nitrogen and oxygen atoms in total. The first-order chi connectivity index (χ1) is 7.62. The van der Waals surface area contributed by atoms with Gasteiger partial charge in [0.2, 0.25) is 10.0 Å². The van der Waals surface area contributed by atoms with Crippen molar-refractivity contribution in [2.24, 2.45) is 5.92 Å². The largest absolute Gasteiger partial charge is 0.217 e. The van der Waals surface area contributed by atoms with Crippen molar-refractivity contribution in [3.8, 4) is 0 Å². The molecule has 0 radical (unpaired) electrons. The molecule has 0 bridgehead atoms. The molecule has 1 aliphatic rings. The summed E-state index contributed by atoms with van der Waals surface area (Å²) in [6.45, 7) is 7.29. The van der Waals surface area contributed by atoms with Crippen LogP contribution < -0.4 is 4.72 Å². The molecule has 0 amide bonds. The van der Waals surface area contributed by atoms with Crippen LogP contribution in [0.1, 0.15) is 53.4 Å². The molecule has 5 heteroatoms. The zero-order valence-electron chi connectivity index (χ0n) is 11.2. The van der Waals surface area contributed by atoms with E-state index in [1.54, 1.807) is 20.8 Å². The lowest BCUT2D eigenvalue weighted by Crippen LogP contribution is -2.56. The van der Waals surface area contributed by atoms with E-state index in [9.17, 15) is 8.42 Å². The highest BCUT2D eigenvalue weighted by Gasteiger charge is 2.41. The zero-order valence-corrected chi connectivity index (χ0v) is 12.8. The van der Waals surface area contributed by atoms with Gasteiger partial charge >= 0.3 is 0 Å². The van der Waals surface area contributed by atoms with Gasteiger partial charge in [0.1, 0.15) is 0 Å². The summed E-state index contributed by atoms with van der Waals surface area (Å²) in [6.07, 6.45) is 3.89. The number of hydrogen-bond donors (Lipinski definition) is 1. The van der Waals surface area contributed by atoms with E-state index in [4.69, 9.17) is 11.6 Å². The lowest BCUT2D eigenvalue weighted by Gasteiger charge is -2.40. The zero-order chi connectivity index (χ0) is 13.3. The van der Waals surface area contributed by atoms with E-state index in [-0.39, 0.29) is 0 Å². The average Bonchev–Trinajstić information content (AvgIpc) is 2.15.